The van der Waals surface area contributed by atoms with Crippen molar-refractivity contribution in [1.82, 2.24) is 10.3 Å². The van der Waals surface area contributed by atoms with E-state index in [2.05, 4.69) is 34.7 Å². The van der Waals surface area contributed by atoms with Crippen molar-refractivity contribution in [3.8, 4) is 5.88 Å². The molecule has 2 rings (SSSR count). The van der Waals surface area contributed by atoms with E-state index in [9.17, 15) is 4.79 Å². The van der Waals surface area contributed by atoms with Crippen LogP contribution in [0.1, 0.15) is 11.1 Å². The van der Waals surface area contributed by atoms with Crippen LogP contribution >= 0.6 is 0 Å². The molecule has 0 saturated carbocycles. The summed E-state index contributed by atoms with van der Waals surface area (Å²) in [6.45, 7) is 2.65. The molecule has 0 atom stereocenters. The van der Waals surface area contributed by atoms with E-state index in [1.165, 1.54) is 11.1 Å². The third-order valence-electron chi connectivity index (χ3n) is 3.14. The summed E-state index contributed by atoms with van der Waals surface area (Å²) in [6.07, 6.45) is 2.36. The molecular formula is C16H19N3O2. The van der Waals surface area contributed by atoms with Crippen LogP contribution in [0.4, 0.5) is 10.5 Å². The Bertz CT molecular complexity index is 597. The summed E-state index contributed by atoms with van der Waals surface area (Å²) >= 11 is 0. The number of nitrogens with zero attached hydrogens (tertiary/aromatic N) is 1. The Labute approximate surface area is 124 Å². The van der Waals surface area contributed by atoms with E-state index >= 15 is 0 Å². The lowest BCUT2D eigenvalue weighted by atomic mass is 10.1. The summed E-state index contributed by atoms with van der Waals surface area (Å²) in [6, 6.07) is 11.4. The molecule has 110 valence electrons. The number of hydrogen-bond acceptors (Lipinski definition) is 3. The summed E-state index contributed by atoms with van der Waals surface area (Å²) in [5.74, 6) is 0.514. The fraction of sp³-hybridized carbons (Fsp3) is 0.250. The number of nitrogens with one attached hydrogen (secondary N) is 2. The molecule has 1 aromatic carbocycles. The van der Waals surface area contributed by atoms with Gasteiger partial charge in [-0.25, -0.2) is 9.78 Å². The topological polar surface area (TPSA) is 63.2 Å². The van der Waals surface area contributed by atoms with Crippen molar-refractivity contribution in [2.75, 3.05) is 19.0 Å². The van der Waals surface area contributed by atoms with E-state index < -0.39 is 0 Å². The number of carbonyl (C=O) groups is 1. The van der Waals surface area contributed by atoms with Gasteiger partial charge in [-0.05, 0) is 30.5 Å². The summed E-state index contributed by atoms with van der Waals surface area (Å²) in [5.41, 5.74) is 3.10. The van der Waals surface area contributed by atoms with E-state index in [0.717, 1.165) is 6.42 Å². The van der Waals surface area contributed by atoms with Gasteiger partial charge in [0.2, 0.25) is 5.88 Å². The van der Waals surface area contributed by atoms with Gasteiger partial charge in [0.15, 0.2) is 0 Å². The number of rotatable bonds is 5. The van der Waals surface area contributed by atoms with Crippen molar-refractivity contribution < 1.29 is 9.53 Å². The number of hydrogen-bond donors (Lipinski definition) is 2. The normalized spacial score (nSPS) is 10.0. The number of aromatic nitrogens is 1. The Balaban J connectivity index is 1.78. The predicted molar refractivity (Wildman–Crippen MR) is 82.7 cm³/mol. The predicted octanol–water partition coefficient (Wildman–Crippen LogP) is 2.76. The van der Waals surface area contributed by atoms with E-state index in [4.69, 9.17) is 4.74 Å². The quantitative estimate of drug-likeness (QED) is 0.888. The van der Waals surface area contributed by atoms with Gasteiger partial charge >= 0.3 is 6.03 Å². The Hall–Kier alpha value is -2.56. The van der Waals surface area contributed by atoms with Gasteiger partial charge in [0.1, 0.15) is 0 Å². The van der Waals surface area contributed by atoms with Crippen LogP contribution < -0.4 is 15.4 Å². The highest BCUT2D eigenvalue weighted by molar-refractivity contribution is 5.88. The maximum Gasteiger partial charge on any atom is 0.319 e. The number of anilines is 1. The molecule has 0 aliphatic heterocycles. The standard InChI is InChI=1S/C16H19N3O2/c1-12-5-3-4-6-13(12)9-10-17-16(20)19-14-7-8-15(21-2)18-11-14/h3-8,11H,9-10H2,1-2H3,(H2,17,19,20). The molecule has 0 aliphatic rings. The largest absolute Gasteiger partial charge is 0.481 e. The van der Waals surface area contributed by atoms with Crippen molar-refractivity contribution in [3.63, 3.8) is 0 Å². The molecule has 0 saturated heterocycles. The minimum Gasteiger partial charge on any atom is -0.481 e. The van der Waals surface area contributed by atoms with E-state index in [1.807, 2.05) is 12.1 Å². The monoisotopic (exact) mass is 285 g/mol. The van der Waals surface area contributed by atoms with Crippen LogP contribution in [0.5, 0.6) is 5.88 Å². The van der Waals surface area contributed by atoms with Crippen molar-refractivity contribution in [3.05, 3.63) is 53.7 Å². The number of pyridine rings is 1. The van der Waals surface area contributed by atoms with Gasteiger partial charge in [0.25, 0.3) is 0 Å². The van der Waals surface area contributed by atoms with Crippen molar-refractivity contribution in [1.29, 1.82) is 0 Å². The Morgan fingerprint density at radius 2 is 2.05 bits per heavy atom. The molecule has 0 radical (unpaired) electrons. The molecule has 5 nitrogen and oxygen atoms in total. The highest BCUT2D eigenvalue weighted by atomic mass is 16.5. The molecule has 2 aromatic rings. The van der Waals surface area contributed by atoms with Crippen LogP contribution in [-0.4, -0.2) is 24.7 Å². The first kappa shape index (κ1) is 14.8. The van der Waals surface area contributed by atoms with Crippen LogP contribution in [0.15, 0.2) is 42.6 Å². The molecule has 2 N–H and O–H groups in total. The third kappa shape index (κ3) is 4.49. The minimum absolute atomic E-state index is 0.240. The average molecular weight is 285 g/mol. The fourth-order valence-electron chi connectivity index (χ4n) is 1.95. The second kappa shape index (κ2) is 7.28. The van der Waals surface area contributed by atoms with Crippen LogP contribution in [-0.2, 0) is 6.42 Å². The Morgan fingerprint density at radius 3 is 2.71 bits per heavy atom. The summed E-state index contributed by atoms with van der Waals surface area (Å²) in [4.78, 5) is 15.8. The van der Waals surface area contributed by atoms with Gasteiger partial charge in [0.05, 0.1) is 19.0 Å². The molecule has 5 heteroatoms. The molecule has 1 heterocycles. The molecule has 2 amide bonds. The van der Waals surface area contributed by atoms with Gasteiger partial charge in [-0.2, -0.15) is 0 Å². The fourth-order valence-corrected chi connectivity index (χ4v) is 1.95. The summed E-state index contributed by atoms with van der Waals surface area (Å²) in [7, 11) is 1.55. The first-order valence-corrected chi connectivity index (χ1v) is 6.78. The number of amides is 2. The number of methoxy groups -OCH3 is 1. The number of aryl methyl sites for hydroxylation is 1. The van der Waals surface area contributed by atoms with Crippen LogP contribution in [0.2, 0.25) is 0 Å². The molecule has 0 aliphatic carbocycles. The van der Waals surface area contributed by atoms with Crippen LogP contribution in [0.25, 0.3) is 0 Å². The zero-order valence-electron chi connectivity index (χ0n) is 12.2. The molecule has 0 bridgehead atoms. The summed E-state index contributed by atoms with van der Waals surface area (Å²) < 4.78 is 4.96. The SMILES string of the molecule is COc1ccc(NC(=O)NCCc2ccccc2C)cn1. The van der Waals surface area contributed by atoms with Crippen molar-refractivity contribution in [2.45, 2.75) is 13.3 Å². The zero-order valence-corrected chi connectivity index (χ0v) is 12.2. The van der Waals surface area contributed by atoms with Gasteiger partial charge < -0.3 is 15.4 Å². The second-order valence-electron chi connectivity index (χ2n) is 4.65. The van der Waals surface area contributed by atoms with Gasteiger partial charge in [-0.3, -0.25) is 0 Å². The van der Waals surface area contributed by atoms with Crippen LogP contribution in [0, 0.1) is 6.92 Å². The average Bonchev–Trinajstić information content (AvgIpc) is 2.50. The highest BCUT2D eigenvalue weighted by Crippen LogP contribution is 2.10. The first-order chi connectivity index (χ1) is 10.2. The first-order valence-electron chi connectivity index (χ1n) is 6.78. The van der Waals surface area contributed by atoms with Crippen molar-refractivity contribution >= 4 is 11.7 Å². The minimum atomic E-state index is -0.240. The lowest BCUT2D eigenvalue weighted by Gasteiger charge is -2.09. The van der Waals surface area contributed by atoms with E-state index in [-0.39, 0.29) is 6.03 Å². The molecule has 0 spiro atoms. The smallest absolute Gasteiger partial charge is 0.319 e. The van der Waals surface area contributed by atoms with Crippen LogP contribution in [0.3, 0.4) is 0 Å². The highest BCUT2D eigenvalue weighted by Gasteiger charge is 2.03. The molecular weight excluding hydrogens is 266 g/mol. The molecule has 21 heavy (non-hydrogen) atoms. The third-order valence-corrected chi connectivity index (χ3v) is 3.14. The van der Waals surface area contributed by atoms with Gasteiger partial charge in [-0.1, -0.05) is 24.3 Å². The number of carbonyl (C=O) groups excluding carboxylic acids is 1. The van der Waals surface area contributed by atoms with Crippen molar-refractivity contribution in [2.24, 2.45) is 0 Å². The van der Waals surface area contributed by atoms with Gasteiger partial charge in [-0.15, -0.1) is 0 Å². The lowest BCUT2D eigenvalue weighted by molar-refractivity contribution is 0.252. The number of benzene rings is 1. The number of urea groups is 1. The lowest BCUT2D eigenvalue weighted by Crippen LogP contribution is -2.30. The maximum absolute atomic E-state index is 11.8. The summed E-state index contributed by atoms with van der Waals surface area (Å²) in [5, 5.41) is 5.55. The van der Waals surface area contributed by atoms with Gasteiger partial charge in [0, 0.05) is 12.6 Å². The van der Waals surface area contributed by atoms with E-state index in [0.29, 0.717) is 18.1 Å². The Morgan fingerprint density at radius 1 is 1.24 bits per heavy atom. The second-order valence-corrected chi connectivity index (χ2v) is 4.65. The molecule has 1 aromatic heterocycles. The Kier molecular flexibility index (Phi) is 5.15. The van der Waals surface area contributed by atoms with E-state index in [1.54, 1.807) is 25.4 Å². The molecule has 0 unspecified atom stereocenters. The maximum atomic E-state index is 11.8. The number of ether oxygens (including phenoxy) is 1. The molecule has 0 fully saturated rings. The zero-order chi connectivity index (χ0) is 15.1.